The summed E-state index contributed by atoms with van der Waals surface area (Å²) in [5.74, 6) is -3.57. The number of rotatable bonds is 2. The van der Waals surface area contributed by atoms with Gasteiger partial charge in [-0.05, 0) is 39.0 Å². The molecule has 2 fully saturated rings. The third kappa shape index (κ3) is 6.18. The molecular weight excluding hydrogens is 473 g/mol. The van der Waals surface area contributed by atoms with E-state index in [4.69, 9.17) is 9.47 Å². The monoisotopic (exact) mass is 511 g/mol. The van der Waals surface area contributed by atoms with Crippen LogP contribution in [-0.4, -0.2) is 50.5 Å². The molecule has 2 aliphatic heterocycles. The first-order valence-electron chi connectivity index (χ1n) is 12.3. The molecule has 2 aliphatic rings. The van der Waals surface area contributed by atoms with E-state index in [2.05, 4.69) is 11.9 Å². The number of thiazole rings is 1. The molecule has 0 bridgehead atoms. The van der Waals surface area contributed by atoms with Crippen LogP contribution in [0.1, 0.15) is 83.8 Å². The number of ketones is 1. The fraction of sp³-hybridized carbons (Fsp3) is 0.731. The van der Waals surface area contributed by atoms with Crippen molar-refractivity contribution >= 4 is 29.2 Å². The lowest BCUT2D eigenvalue weighted by Crippen LogP contribution is -2.46. The molecule has 2 N–H and O–H groups in total. The lowest BCUT2D eigenvalue weighted by atomic mass is 9.75. The molecule has 6 atom stereocenters. The zero-order chi connectivity index (χ0) is 26.2. The van der Waals surface area contributed by atoms with Gasteiger partial charge in [0.15, 0.2) is 12.2 Å². The molecule has 0 radical (unpaired) electrons. The second-order valence-corrected chi connectivity index (χ2v) is 12.1. The van der Waals surface area contributed by atoms with E-state index in [0.717, 1.165) is 23.9 Å². The van der Waals surface area contributed by atoms with Crippen molar-refractivity contribution in [2.75, 3.05) is 0 Å². The van der Waals surface area contributed by atoms with Crippen LogP contribution in [0.2, 0.25) is 0 Å². The first-order chi connectivity index (χ1) is 16.2. The highest BCUT2D eigenvalue weighted by Gasteiger charge is 2.72. The smallest absolute Gasteiger partial charge is 0.306 e. The summed E-state index contributed by atoms with van der Waals surface area (Å²) < 4.78 is 26.3. The Morgan fingerprint density at radius 3 is 2.57 bits per heavy atom. The quantitative estimate of drug-likeness (QED) is 0.436. The number of esters is 1. The number of cyclic esters (lactones) is 1. The zero-order valence-corrected chi connectivity index (χ0v) is 22.3. The third-order valence-electron chi connectivity index (χ3n) is 7.41. The number of aromatic nitrogens is 1. The SMILES string of the molecule is Cc1nc(C=C(F)C2OC(=O)CCC(C)(C)C(=O)C(C)CC(C)CCCC3(C)OC3(O)C2O)cs1. The van der Waals surface area contributed by atoms with E-state index in [9.17, 15) is 19.8 Å². The Kier molecular flexibility index (Phi) is 8.26. The van der Waals surface area contributed by atoms with Crippen molar-refractivity contribution < 1.29 is 33.7 Å². The predicted octanol–water partition coefficient (Wildman–Crippen LogP) is 4.73. The fourth-order valence-corrected chi connectivity index (χ4v) is 5.66. The van der Waals surface area contributed by atoms with E-state index in [1.54, 1.807) is 33.1 Å². The maximum absolute atomic E-state index is 15.4. The van der Waals surface area contributed by atoms with Crippen molar-refractivity contribution in [2.45, 2.75) is 104 Å². The van der Waals surface area contributed by atoms with Gasteiger partial charge in [-0.1, -0.05) is 40.5 Å². The molecule has 1 aromatic heterocycles. The first kappa shape index (κ1) is 27.9. The summed E-state index contributed by atoms with van der Waals surface area (Å²) in [4.78, 5) is 30.0. The molecule has 35 heavy (non-hydrogen) atoms. The average Bonchev–Trinajstić information content (AvgIpc) is 3.09. The Bertz CT molecular complexity index is 977. The topological polar surface area (TPSA) is 109 Å². The summed E-state index contributed by atoms with van der Waals surface area (Å²) >= 11 is 1.33. The van der Waals surface area contributed by atoms with Crippen molar-refractivity contribution in [1.82, 2.24) is 4.98 Å². The van der Waals surface area contributed by atoms with Crippen molar-refractivity contribution in [1.29, 1.82) is 0 Å². The molecule has 0 aromatic carbocycles. The highest BCUT2D eigenvalue weighted by atomic mass is 32.1. The van der Waals surface area contributed by atoms with E-state index in [-0.39, 0.29) is 30.5 Å². The van der Waals surface area contributed by atoms with E-state index in [1.165, 1.54) is 11.3 Å². The normalized spacial score (nSPS) is 37.5. The van der Waals surface area contributed by atoms with Crippen LogP contribution >= 0.6 is 11.3 Å². The molecule has 9 heteroatoms. The maximum atomic E-state index is 15.4. The number of hydrogen-bond acceptors (Lipinski definition) is 8. The molecule has 7 nitrogen and oxygen atoms in total. The van der Waals surface area contributed by atoms with Crippen LogP contribution in [0.15, 0.2) is 11.2 Å². The average molecular weight is 512 g/mol. The predicted molar refractivity (Wildman–Crippen MR) is 131 cm³/mol. The number of fused-ring (bicyclic) bond motifs is 1. The summed E-state index contributed by atoms with van der Waals surface area (Å²) in [5.41, 5.74) is -1.54. The summed E-state index contributed by atoms with van der Waals surface area (Å²) in [6.45, 7) is 11.0. The van der Waals surface area contributed by atoms with E-state index in [1.807, 2.05) is 6.92 Å². The van der Waals surface area contributed by atoms with Crippen LogP contribution in [0.5, 0.6) is 0 Å². The van der Waals surface area contributed by atoms with Gasteiger partial charge >= 0.3 is 5.97 Å². The van der Waals surface area contributed by atoms with Gasteiger partial charge < -0.3 is 19.7 Å². The molecule has 0 aliphatic carbocycles. The minimum Gasteiger partial charge on any atom is -0.452 e. The van der Waals surface area contributed by atoms with Crippen LogP contribution in [0.4, 0.5) is 4.39 Å². The number of aliphatic hydroxyl groups is 2. The van der Waals surface area contributed by atoms with Gasteiger partial charge in [0, 0.05) is 29.2 Å². The summed E-state index contributed by atoms with van der Waals surface area (Å²) in [6.07, 6.45) is 0.222. The lowest BCUT2D eigenvalue weighted by Gasteiger charge is -2.29. The molecule has 1 aromatic rings. The maximum Gasteiger partial charge on any atom is 0.306 e. The molecule has 3 rings (SSSR count). The Morgan fingerprint density at radius 2 is 1.94 bits per heavy atom. The summed E-state index contributed by atoms with van der Waals surface area (Å²) in [6, 6.07) is 0. The Labute approximate surface area is 210 Å². The number of nitrogens with zero attached hydrogens (tertiary/aromatic N) is 1. The zero-order valence-electron chi connectivity index (χ0n) is 21.5. The molecule has 6 unspecified atom stereocenters. The minimum absolute atomic E-state index is 0.0812. The Hall–Kier alpha value is -1.68. The van der Waals surface area contributed by atoms with Gasteiger partial charge in [-0.25, -0.2) is 9.37 Å². The largest absolute Gasteiger partial charge is 0.452 e. The molecule has 2 saturated heterocycles. The minimum atomic E-state index is -2.05. The highest BCUT2D eigenvalue weighted by molar-refractivity contribution is 7.09. The van der Waals surface area contributed by atoms with Gasteiger partial charge in [0.1, 0.15) is 17.2 Å². The van der Waals surface area contributed by atoms with Gasteiger partial charge in [0.25, 0.3) is 0 Å². The molecule has 0 amide bonds. The van der Waals surface area contributed by atoms with E-state index < -0.39 is 40.8 Å². The van der Waals surface area contributed by atoms with Crippen molar-refractivity contribution in [3.05, 3.63) is 21.9 Å². The van der Waals surface area contributed by atoms with Crippen LogP contribution < -0.4 is 0 Å². The van der Waals surface area contributed by atoms with Crippen molar-refractivity contribution in [3.8, 4) is 0 Å². The van der Waals surface area contributed by atoms with Crippen molar-refractivity contribution in [2.24, 2.45) is 17.3 Å². The molecular formula is C26H38FNO6S. The van der Waals surface area contributed by atoms with Crippen molar-refractivity contribution in [3.63, 3.8) is 0 Å². The van der Waals surface area contributed by atoms with Gasteiger partial charge in [0.05, 0.1) is 10.7 Å². The van der Waals surface area contributed by atoms with Gasteiger partial charge in [-0.2, -0.15) is 0 Å². The standard InChI is InChI=1S/C26H38FNO6S/c1-15-8-7-10-25(6)26(32,34-25)23(31)21(19(27)13-18-14-35-17(3)28-18)33-20(29)9-11-24(4,5)22(30)16(2)12-15/h13-16,21,23,31-32H,7-12H2,1-6H3. The number of aliphatic hydroxyl groups excluding tert-OH is 1. The number of carbonyl (C=O) groups is 2. The van der Waals surface area contributed by atoms with Gasteiger partial charge in [-0.15, -0.1) is 11.3 Å². The second-order valence-electron chi connectivity index (χ2n) is 11.1. The first-order valence-corrected chi connectivity index (χ1v) is 13.2. The summed E-state index contributed by atoms with van der Waals surface area (Å²) in [7, 11) is 0. The van der Waals surface area contributed by atoms with Gasteiger partial charge in [-0.3, -0.25) is 9.59 Å². The number of carbonyl (C=O) groups excluding carboxylic acids is 2. The molecule has 3 heterocycles. The van der Waals surface area contributed by atoms with E-state index >= 15 is 4.39 Å². The molecule has 196 valence electrons. The number of aryl methyl sites for hydroxylation is 1. The highest BCUT2D eigenvalue weighted by Crippen LogP contribution is 2.53. The third-order valence-corrected chi connectivity index (χ3v) is 8.20. The second kappa shape index (κ2) is 10.4. The Morgan fingerprint density at radius 1 is 1.26 bits per heavy atom. The Balaban J connectivity index is 1.90. The molecule has 0 saturated carbocycles. The van der Waals surface area contributed by atoms with Crippen LogP contribution in [-0.2, 0) is 19.1 Å². The van der Waals surface area contributed by atoms with Gasteiger partial charge in [0.2, 0.25) is 5.79 Å². The summed E-state index contributed by atoms with van der Waals surface area (Å²) in [5, 5.41) is 24.5. The van der Waals surface area contributed by atoms with Crippen LogP contribution in [0.3, 0.4) is 0 Å². The number of ether oxygens (including phenoxy) is 2. The number of Topliss-reactive ketones (excluding diaryl/α,β-unsaturated/α-hetero) is 1. The van der Waals surface area contributed by atoms with E-state index in [0.29, 0.717) is 18.5 Å². The van der Waals surface area contributed by atoms with Crippen LogP contribution in [0, 0.1) is 24.2 Å². The number of hydrogen-bond donors (Lipinski definition) is 2. The number of epoxide rings is 1. The number of halogens is 1. The van der Waals surface area contributed by atoms with Crippen LogP contribution in [0.25, 0.3) is 6.08 Å². The lowest BCUT2D eigenvalue weighted by molar-refractivity contribution is -0.167. The fourth-order valence-electron chi connectivity index (χ4n) is 5.09. The molecule has 0 spiro atoms.